The number of benzene rings is 4. The molecule has 0 radical (unpaired) electrons. The maximum atomic E-state index is 16.9. The molecule has 2 unspecified atom stereocenters. The lowest BCUT2D eigenvalue weighted by molar-refractivity contribution is -0.471. The topological polar surface area (TPSA) is 505 Å². The lowest BCUT2D eigenvalue weighted by Gasteiger charge is -2.63. The Bertz CT molecular complexity index is 4290. The van der Waals surface area contributed by atoms with Crippen LogP contribution in [0.3, 0.4) is 0 Å². The molecule has 3 saturated heterocycles. The van der Waals surface area contributed by atoms with E-state index in [-0.39, 0.29) is 11.1 Å². The average molecular weight is 1630 g/mol. The maximum absolute atomic E-state index is 16.9. The minimum absolute atomic E-state index is 0.234. The van der Waals surface area contributed by atoms with Gasteiger partial charge in [-0.15, -0.1) is 0 Å². The van der Waals surface area contributed by atoms with Crippen molar-refractivity contribution < 1.29 is 173 Å². The molecule has 630 valence electrons. The highest BCUT2D eigenvalue weighted by Crippen LogP contribution is 2.61. The Balaban J connectivity index is 1.86. The van der Waals surface area contributed by atoms with Crippen LogP contribution >= 0.6 is 0 Å². The normalized spacial score (nSPS) is 25.8. The van der Waals surface area contributed by atoms with E-state index in [0.717, 1.165) is 52.0 Å². The highest BCUT2D eigenvalue weighted by molar-refractivity contribution is 5.96. The van der Waals surface area contributed by atoms with Gasteiger partial charge in [0.2, 0.25) is 17.7 Å². The van der Waals surface area contributed by atoms with Crippen molar-refractivity contribution in [2.45, 2.75) is 214 Å². The summed E-state index contributed by atoms with van der Waals surface area (Å²) in [6.45, 7) is 12.6. The Hall–Kier alpha value is -11.3. The van der Waals surface area contributed by atoms with Crippen LogP contribution < -0.4 is 0 Å². The second-order valence-corrected chi connectivity index (χ2v) is 31.5. The van der Waals surface area contributed by atoms with Crippen LogP contribution in [0.4, 0.5) is 0 Å². The average Bonchev–Trinajstić information content (AvgIpc) is 0.662. The largest absolute Gasteiger partial charge is 0.481 e. The zero-order valence-electron chi connectivity index (χ0n) is 66.3. The number of carbonyl (C=O) groups is 15. The van der Waals surface area contributed by atoms with Crippen LogP contribution in [0.5, 0.6) is 0 Å². The van der Waals surface area contributed by atoms with Crippen molar-refractivity contribution in [3.63, 3.8) is 0 Å². The van der Waals surface area contributed by atoms with E-state index in [2.05, 4.69) is 0 Å². The summed E-state index contributed by atoms with van der Waals surface area (Å²) in [6, 6.07) is 25.9. The standard InChI is InChI=1S/C80H94O36/c1-41(81)101-39-50-54(104-42(2)82)57(105-43(3)83)60(106-44(4)84)79(99,114-50)77(67(91)92,37-52(85)86)78(68(93)94,80(100)61(113-72(98)76(14,15)16)58(112-71(97)75(11,12)13)55(111-70(96)74(8,9)10)51(115-80)40-103-69(95)73(5,6)7)116-66-59(110-65(90)48-35-27-20-28-36-48)56(109-64(89)47-33-25-19-26-34-47)53(108-63(88)46-31-23-18-24-32-46)49(107-66)38-102-62(87)45-29-21-17-22-30-45/h17-36,49-51,53-61,66,99-100H,37-40H2,1-16H3,(H,85,86)(H,91,92)(H,93,94)/t49-,50-,51-,53-,54-,55-,56+,57+,58+,59+,60+,61+,66-,77?,78?,79+,80+/m1/s1. The summed E-state index contributed by atoms with van der Waals surface area (Å²) >= 11 is 0. The molecule has 17 atom stereocenters. The van der Waals surface area contributed by atoms with Crippen molar-refractivity contribution in [1.82, 2.24) is 0 Å². The summed E-state index contributed by atoms with van der Waals surface area (Å²) in [4.78, 5) is 222. The molecule has 116 heavy (non-hydrogen) atoms. The number of esters is 12. The van der Waals surface area contributed by atoms with Gasteiger partial charge in [-0.05, 0) is 132 Å². The fraction of sp³-hybridized carbons (Fsp3) is 0.512. The molecule has 36 heteroatoms. The lowest BCUT2D eigenvalue weighted by atomic mass is 9.55. The molecular weight excluding hydrogens is 1540 g/mol. The van der Waals surface area contributed by atoms with Crippen molar-refractivity contribution in [2.75, 3.05) is 19.8 Å². The number of aliphatic hydroxyl groups is 2. The van der Waals surface area contributed by atoms with Gasteiger partial charge >= 0.3 is 89.5 Å². The van der Waals surface area contributed by atoms with E-state index in [9.17, 15) is 63.6 Å². The minimum atomic E-state index is -5.67. The molecule has 0 aromatic heterocycles. The number of carboxylic acids is 3. The molecule has 3 aliphatic rings. The van der Waals surface area contributed by atoms with Crippen molar-refractivity contribution in [3.8, 4) is 0 Å². The summed E-state index contributed by atoms with van der Waals surface area (Å²) in [7, 11) is 0. The smallest absolute Gasteiger partial charge is 0.343 e. The van der Waals surface area contributed by atoms with E-state index in [1.807, 2.05) is 0 Å². The Morgan fingerprint density at radius 3 is 1.08 bits per heavy atom. The molecule has 3 fully saturated rings. The first-order valence-electron chi connectivity index (χ1n) is 36.1. The maximum Gasteiger partial charge on any atom is 0.343 e. The van der Waals surface area contributed by atoms with Crippen molar-refractivity contribution in [3.05, 3.63) is 144 Å². The molecular formula is C80H94O36. The van der Waals surface area contributed by atoms with E-state index in [1.165, 1.54) is 159 Å². The van der Waals surface area contributed by atoms with Gasteiger partial charge in [-0.1, -0.05) is 72.8 Å². The van der Waals surface area contributed by atoms with E-state index in [4.69, 9.17) is 75.8 Å². The molecule has 0 aliphatic carbocycles. The number of rotatable bonds is 28. The molecule has 4 aromatic rings. The molecule has 0 spiro atoms. The molecule has 4 aromatic carbocycles. The second kappa shape index (κ2) is 36.7. The van der Waals surface area contributed by atoms with Gasteiger partial charge in [-0.2, -0.15) is 0 Å². The molecule has 0 bridgehead atoms. The van der Waals surface area contributed by atoms with E-state index in [0.29, 0.717) is 20.8 Å². The van der Waals surface area contributed by atoms with E-state index >= 15 is 33.9 Å². The van der Waals surface area contributed by atoms with Gasteiger partial charge in [0.1, 0.15) is 38.1 Å². The van der Waals surface area contributed by atoms with Crippen LogP contribution in [-0.2, 0) is 129 Å². The third kappa shape index (κ3) is 20.7. The number of carbonyl (C=O) groups excluding carboxylic acids is 12. The van der Waals surface area contributed by atoms with Crippen LogP contribution in [0.2, 0.25) is 0 Å². The lowest BCUT2D eigenvalue weighted by Crippen LogP contribution is -2.89. The summed E-state index contributed by atoms with van der Waals surface area (Å²) in [6.07, 6.45) is -41.6. The number of hydrogen-bond donors (Lipinski definition) is 5. The van der Waals surface area contributed by atoms with Crippen molar-refractivity contribution in [2.24, 2.45) is 27.1 Å². The zero-order valence-corrected chi connectivity index (χ0v) is 66.3. The molecule has 5 N–H and O–H groups in total. The third-order valence-electron chi connectivity index (χ3n) is 18.1. The predicted molar refractivity (Wildman–Crippen MR) is 387 cm³/mol. The molecule has 7 rings (SSSR count). The first-order valence-corrected chi connectivity index (χ1v) is 36.1. The molecule has 3 heterocycles. The van der Waals surface area contributed by atoms with Gasteiger partial charge in [0.25, 0.3) is 5.79 Å². The van der Waals surface area contributed by atoms with Crippen LogP contribution in [0.25, 0.3) is 0 Å². The van der Waals surface area contributed by atoms with Gasteiger partial charge in [-0.25, -0.2) is 24.0 Å². The van der Waals surface area contributed by atoms with Crippen LogP contribution in [0, 0.1) is 27.1 Å². The van der Waals surface area contributed by atoms with Gasteiger partial charge in [0.15, 0.2) is 60.4 Å². The van der Waals surface area contributed by atoms with Gasteiger partial charge in [0, 0.05) is 27.7 Å². The highest BCUT2D eigenvalue weighted by atomic mass is 16.8. The van der Waals surface area contributed by atoms with Crippen LogP contribution in [0.1, 0.15) is 159 Å². The Labute approximate surface area is 664 Å². The van der Waals surface area contributed by atoms with Crippen molar-refractivity contribution >= 4 is 89.5 Å². The quantitative estimate of drug-likeness (QED) is 0.0340. The summed E-state index contributed by atoms with van der Waals surface area (Å²) < 4.78 is 97.4. The number of ether oxygens (including phenoxy) is 16. The predicted octanol–water partition coefficient (Wildman–Crippen LogP) is 5.63. The fourth-order valence-electron chi connectivity index (χ4n) is 12.5. The second-order valence-electron chi connectivity index (χ2n) is 31.5. The summed E-state index contributed by atoms with van der Waals surface area (Å²) in [5.74, 6) is -37.4. The number of hydrogen-bond acceptors (Lipinski definition) is 33. The van der Waals surface area contributed by atoms with E-state index in [1.54, 1.807) is 0 Å². The first kappa shape index (κ1) is 91.9. The van der Waals surface area contributed by atoms with Crippen LogP contribution in [0.15, 0.2) is 121 Å². The number of aliphatic carboxylic acids is 3. The molecule has 0 saturated carbocycles. The Morgan fingerprint density at radius 1 is 0.345 bits per heavy atom. The summed E-state index contributed by atoms with van der Waals surface area (Å²) in [5.41, 5.74) is -19.8. The number of carboxylic acid groups (broad SMARTS) is 3. The Kier molecular flexibility index (Phi) is 29.0. The minimum Gasteiger partial charge on any atom is -0.481 e. The van der Waals surface area contributed by atoms with Gasteiger partial charge < -0.3 is 101 Å². The monoisotopic (exact) mass is 1630 g/mol. The molecule has 36 nitrogen and oxygen atoms in total. The van der Waals surface area contributed by atoms with Crippen LogP contribution in [-0.4, -0.2) is 232 Å². The Morgan fingerprint density at radius 2 is 0.681 bits per heavy atom. The highest BCUT2D eigenvalue weighted by Gasteiger charge is 2.89. The summed E-state index contributed by atoms with van der Waals surface area (Å²) in [5, 5.41) is 68.7. The van der Waals surface area contributed by atoms with Gasteiger partial charge in [0.05, 0.1) is 50.3 Å². The fourth-order valence-corrected chi connectivity index (χ4v) is 12.5. The van der Waals surface area contributed by atoms with Gasteiger partial charge in [-0.3, -0.25) is 47.9 Å². The SMILES string of the molecule is CC(=O)OC[C@H]1O[C@](O)(C(CC(=O)O)(C(=O)O)C(O[C@H]2O[C@H](COC(=O)c3ccccc3)[C@@H](OC(=O)c3ccccc3)[C@H](OC(=O)c3ccccc3)[C@@H]2OC(=O)c2ccccc2)(C(=O)O)[C@@]2(O)O[C@H](COC(=O)C(C)(C)C)[C@@H](OC(=O)C(C)(C)C)[C@H](OC(=O)C(C)(C)C)[C@@H]2OC(=O)C(C)(C)C)[C@@H](OC(C)=O)[C@@H](OC(C)=O)[C@@H]1OC(C)=O. The molecule has 0 amide bonds. The van der Waals surface area contributed by atoms with Crippen molar-refractivity contribution in [1.29, 1.82) is 0 Å². The zero-order chi connectivity index (χ0) is 86.8. The third-order valence-corrected chi connectivity index (χ3v) is 18.1. The first-order chi connectivity index (χ1) is 53.9. The molecule has 3 aliphatic heterocycles. The van der Waals surface area contributed by atoms with E-state index < -0.39 is 251 Å².